The van der Waals surface area contributed by atoms with Crippen molar-refractivity contribution >= 4 is 5.91 Å². The Bertz CT molecular complexity index is 599. The monoisotopic (exact) mass is 330 g/mol. The quantitative estimate of drug-likeness (QED) is 0.921. The SMILES string of the molecule is Cc1cc(OC(C)C(=O)N2CCC3CCC(C2)N3)ccc1C(C)C. The molecule has 1 amide bonds. The first kappa shape index (κ1) is 17.3. The van der Waals surface area contributed by atoms with Crippen molar-refractivity contribution in [3.05, 3.63) is 29.3 Å². The van der Waals surface area contributed by atoms with Crippen molar-refractivity contribution in [3.63, 3.8) is 0 Å². The molecule has 0 spiro atoms. The van der Waals surface area contributed by atoms with Crippen LogP contribution in [0, 0.1) is 6.92 Å². The summed E-state index contributed by atoms with van der Waals surface area (Å²) in [5.41, 5.74) is 2.55. The number of aryl methyl sites for hydroxylation is 1. The summed E-state index contributed by atoms with van der Waals surface area (Å²) in [4.78, 5) is 14.7. The summed E-state index contributed by atoms with van der Waals surface area (Å²) in [6, 6.07) is 7.20. The summed E-state index contributed by atoms with van der Waals surface area (Å²) in [6.45, 7) is 10.0. The molecule has 3 unspecified atom stereocenters. The number of fused-ring (bicyclic) bond motifs is 2. The van der Waals surface area contributed by atoms with Crippen molar-refractivity contribution in [2.75, 3.05) is 13.1 Å². The topological polar surface area (TPSA) is 41.6 Å². The van der Waals surface area contributed by atoms with Gasteiger partial charge in [0.2, 0.25) is 0 Å². The van der Waals surface area contributed by atoms with Gasteiger partial charge in [-0.15, -0.1) is 0 Å². The van der Waals surface area contributed by atoms with E-state index in [0.717, 1.165) is 25.3 Å². The van der Waals surface area contributed by atoms with Gasteiger partial charge >= 0.3 is 0 Å². The fraction of sp³-hybridized carbons (Fsp3) is 0.650. The molecule has 1 aromatic rings. The summed E-state index contributed by atoms with van der Waals surface area (Å²) in [5, 5.41) is 3.62. The Kier molecular flexibility index (Phi) is 5.14. The zero-order chi connectivity index (χ0) is 17.3. The van der Waals surface area contributed by atoms with Gasteiger partial charge in [-0.2, -0.15) is 0 Å². The minimum absolute atomic E-state index is 0.106. The molecule has 2 fully saturated rings. The van der Waals surface area contributed by atoms with Gasteiger partial charge in [-0.05, 0) is 62.3 Å². The number of carbonyl (C=O) groups excluding carboxylic acids is 1. The molecule has 0 aliphatic carbocycles. The first-order valence-electron chi connectivity index (χ1n) is 9.26. The minimum Gasteiger partial charge on any atom is -0.481 e. The summed E-state index contributed by atoms with van der Waals surface area (Å²) < 4.78 is 5.95. The molecule has 0 radical (unpaired) electrons. The Labute approximate surface area is 145 Å². The van der Waals surface area contributed by atoms with E-state index in [2.05, 4.69) is 32.2 Å². The highest BCUT2D eigenvalue weighted by atomic mass is 16.5. The molecule has 3 atom stereocenters. The second-order valence-corrected chi connectivity index (χ2v) is 7.64. The fourth-order valence-corrected chi connectivity index (χ4v) is 4.02. The number of rotatable bonds is 4. The van der Waals surface area contributed by atoms with Crippen LogP contribution in [-0.2, 0) is 4.79 Å². The number of ether oxygens (including phenoxy) is 1. The first-order valence-corrected chi connectivity index (χ1v) is 9.26. The van der Waals surface area contributed by atoms with E-state index in [1.807, 2.05) is 24.0 Å². The van der Waals surface area contributed by atoms with Gasteiger partial charge < -0.3 is 15.0 Å². The Morgan fingerprint density at radius 1 is 1.21 bits per heavy atom. The molecule has 132 valence electrons. The van der Waals surface area contributed by atoms with Crippen molar-refractivity contribution in [2.24, 2.45) is 0 Å². The molecular formula is C20H30N2O2. The molecule has 4 heteroatoms. The molecule has 2 heterocycles. The van der Waals surface area contributed by atoms with Gasteiger partial charge in [0.05, 0.1) is 0 Å². The Hall–Kier alpha value is -1.55. The van der Waals surface area contributed by atoms with E-state index >= 15 is 0 Å². The Balaban J connectivity index is 1.62. The average Bonchev–Trinajstić information content (AvgIpc) is 2.85. The van der Waals surface area contributed by atoms with E-state index in [9.17, 15) is 4.79 Å². The van der Waals surface area contributed by atoms with Crippen molar-refractivity contribution in [3.8, 4) is 5.75 Å². The summed E-state index contributed by atoms with van der Waals surface area (Å²) >= 11 is 0. The molecule has 1 N–H and O–H groups in total. The molecule has 0 saturated carbocycles. The van der Waals surface area contributed by atoms with Gasteiger partial charge in [-0.3, -0.25) is 4.79 Å². The molecule has 3 rings (SSSR count). The van der Waals surface area contributed by atoms with Crippen molar-refractivity contribution in [1.82, 2.24) is 10.2 Å². The van der Waals surface area contributed by atoms with Crippen LogP contribution >= 0.6 is 0 Å². The van der Waals surface area contributed by atoms with E-state index in [-0.39, 0.29) is 5.91 Å². The Morgan fingerprint density at radius 2 is 1.96 bits per heavy atom. The van der Waals surface area contributed by atoms with E-state index in [0.29, 0.717) is 18.0 Å². The summed E-state index contributed by atoms with van der Waals surface area (Å²) in [6.07, 6.45) is 3.04. The molecule has 2 aliphatic rings. The summed E-state index contributed by atoms with van der Waals surface area (Å²) in [5.74, 6) is 1.39. The van der Waals surface area contributed by atoms with Crippen molar-refractivity contribution in [1.29, 1.82) is 0 Å². The first-order chi connectivity index (χ1) is 11.4. The van der Waals surface area contributed by atoms with E-state index in [4.69, 9.17) is 4.74 Å². The lowest BCUT2D eigenvalue weighted by Gasteiger charge is -2.27. The normalized spacial score (nSPS) is 24.8. The van der Waals surface area contributed by atoms with Gasteiger partial charge in [-0.25, -0.2) is 0 Å². The number of nitrogens with zero attached hydrogens (tertiary/aromatic N) is 1. The van der Waals surface area contributed by atoms with Gasteiger partial charge in [0.25, 0.3) is 5.91 Å². The molecule has 24 heavy (non-hydrogen) atoms. The van der Waals surface area contributed by atoms with Gasteiger partial charge in [-0.1, -0.05) is 19.9 Å². The molecule has 2 aliphatic heterocycles. The molecule has 0 aromatic heterocycles. The molecule has 2 saturated heterocycles. The maximum absolute atomic E-state index is 12.8. The predicted molar refractivity (Wildman–Crippen MR) is 96.5 cm³/mol. The standard InChI is InChI=1S/C20H30N2O2/c1-13(2)19-8-7-18(11-14(19)3)24-15(4)20(23)22-10-9-16-5-6-17(12-22)21-16/h7-8,11,13,15-17,21H,5-6,9-10,12H2,1-4H3. The van der Waals surface area contributed by atoms with Gasteiger partial charge in [0.1, 0.15) is 5.75 Å². The molecular weight excluding hydrogens is 300 g/mol. The van der Waals surface area contributed by atoms with Gasteiger partial charge in [0, 0.05) is 25.2 Å². The van der Waals surface area contributed by atoms with Crippen molar-refractivity contribution < 1.29 is 9.53 Å². The van der Waals surface area contributed by atoms with Gasteiger partial charge in [0.15, 0.2) is 6.10 Å². The zero-order valence-electron chi connectivity index (χ0n) is 15.3. The molecule has 4 nitrogen and oxygen atoms in total. The van der Waals surface area contributed by atoms with E-state index < -0.39 is 6.10 Å². The number of carbonyl (C=O) groups is 1. The fourth-order valence-electron chi connectivity index (χ4n) is 4.02. The van der Waals surface area contributed by atoms with Crippen LogP contribution in [0.15, 0.2) is 18.2 Å². The number of benzene rings is 1. The highest BCUT2D eigenvalue weighted by Gasteiger charge is 2.33. The third-order valence-electron chi connectivity index (χ3n) is 5.36. The number of likely N-dealkylation sites (tertiary alicyclic amines) is 1. The van der Waals surface area contributed by atoms with Crippen LogP contribution in [0.3, 0.4) is 0 Å². The van der Waals surface area contributed by atoms with E-state index in [1.165, 1.54) is 24.0 Å². The third-order valence-corrected chi connectivity index (χ3v) is 5.36. The van der Waals surface area contributed by atoms with Crippen LogP contribution in [-0.4, -0.2) is 42.1 Å². The highest BCUT2D eigenvalue weighted by Crippen LogP contribution is 2.25. The molecule has 2 bridgehead atoms. The smallest absolute Gasteiger partial charge is 0.263 e. The minimum atomic E-state index is -0.439. The van der Waals surface area contributed by atoms with E-state index in [1.54, 1.807) is 0 Å². The second kappa shape index (κ2) is 7.14. The highest BCUT2D eigenvalue weighted by molar-refractivity contribution is 5.81. The van der Waals surface area contributed by atoms with Crippen LogP contribution in [0.2, 0.25) is 0 Å². The largest absolute Gasteiger partial charge is 0.481 e. The number of nitrogens with one attached hydrogen (secondary N) is 1. The number of amides is 1. The maximum Gasteiger partial charge on any atom is 0.263 e. The number of hydrogen-bond acceptors (Lipinski definition) is 3. The zero-order valence-corrected chi connectivity index (χ0v) is 15.3. The van der Waals surface area contributed by atoms with Crippen molar-refractivity contribution in [2.45, 2.75) is 71.1 Å². The van der Waals surface area contributed by atoms with Crippen LogP contribution < -0.4 is 10.1 Å². The third kappa shape index (κ3) is 3.75. The second-order valence-electron chi connectivity index (χ2n) is 7.64. The van der Waals surface area contributed by atoms with Crippen LogP contribution in [0.1, 0.15) is 57.1 Å². The lowest BCUT2D eigenvalue weighted by molar-refractivity contribution is -0.138. The average molecular weight is 330 g/mol. The number of hydrogen-bond donors (Lipinski definition) is 1. The predicted octanol–water partition coefficient (Wildman–Crippen LogP) is 3.24. The molecule has 1 aromatic carbocycles. The maximum atomic E-state index is 12.8. The summed E-state index contributed by atoms with van der Waals surface area (Å²) in [7, 11) is 0. The lowest BCUT2D eigenvalue weighted by atomic mass is 9.98. The van der Waals surface area contributed by atoms with Crippen LogP contribution in [0.25, 0.3) is 0 Å². The lowest BCUT2D eigenvalue weighted by Crippen LogP contribution is -2.44. The van der Waals surface area contributed by atoms with Crippen LogP contribution in [0.4, 0.5) is 0 Å². The van der Waals surface area contributed by atoms with Crippen LogP contribution in [0.5, 0.6) is 5.75 Å². The Morgan fingerprint density at radius 3 is 2.67 bits per heavy atom.